The summed E-state index contributed by atoms with van der Waals surface area (Å²) in [6, 6.07) is 12.1. The predicted octanol–water partition coefficient (Wildman–Crippen LogP) is 5.07. The fourth-order valence-electron chi connectivity index (χ4n) is 5.69. The summed E-state index contributed by atoms with van der Waals surface area (Å²) in [5.41, 5.74) is 6.84. The highest BCUT2D eigenvalue weighted by Crippen LogP contribution is 2.33. The third kappa shape index (κ3) is 4.76. The Bertz CT molecular complexity index is 1470. The van der Waals surface area contributed by atoms with E-state index in [1.807, 2.05) is 49.1 Å². The number of hydrogen-bond acceptors (Lipinski definition) is 5. The van der Waals surface area contributed by atoms with E-state index < -0.39 is 10.0 Å². The second-order valence-corrected chi connectivity index (χ2v) is 12.1. The number of aromatic nitrogens is 1. The molecule has 0 N–H and O–H groups in total. The van der Waals surface area contributed by atoms with Gasteiger partial charge in [-0.2, -0.15) is 4.31 Å². The van der Waals surface area contributed by atoms with Crippen molar-refractivity contribution in [3.8, 4) is 0 Å². The summed E-state index contributed by atoms with van der Waals surface area (Å²) in [7, 11) is -3.91. The number of benzene rings is 2. The van der Waals surface area contributed by atoms with E-state index in [0.717, 1.165) is 34.4 Å². The topological polar surface area (TPSA) is 83.7 Å². The Morgan fingerprint density at radius 1 is 1.05 bits per heavy atom. The smallest absolute Gasteiger partial charge is 0.248 e. The van der Waals surface area contributed by atoms with Crippen LogP contribution in [0.2, 0.25) is 0 Å². The van der Waals surface area contributed by atoms with Crippen molar-refractivity contribution in [1.29, 1.82) is 0 Å². The van der Waals surface area contributed by atoms with Crippen LogP contribution in [0.15, 0.2) is 45.8 Å². The Morgan fingerprint density at radius 3 is 2.54 bits per heavy atom. The standard InChI is InChI=1S/C29H33N3O4S/c1-19-16-20(2)25(21(3)17-19)11-12-27-28(22(4)30-36-27)37(34,35)31-14-7-9-24(18-31)29(33)32-15-13-23-8-5-6-10-26(23)32/h5-6,8,10-12,16-17,24H,7,9,13-15,18H2,1-4H3/b12-11+/t24-/m0/s1. The Hall–Kier alpha value is -3.23. The molecule has 2 aromatic carbocycles. The lowest BCUT2D eigenvalue weighted by atomic mass is 9.98. The van der Waals surface area contributed by atoms with Crippen LogP contribution >= 0.6 is 0 Å². The van der Waals surface area contributed by atoms with E-state index >= 15 is 0 Å². The zero-order valence-corrected chi connectivity index (χ0v) is 22.6. The van der Waals surface area contributed by atoms with E-state index in [4.69, 9.17) is 4.52 Å². The number of anilines is 1. The maximum absolute atomic E-state index is 13.8. The summed E-state index contributed by atoms with van der Waals surface area (Å²) in [5.74, 6) is -0.178. The summed E-state index contributed by atoms with van der Waals surface area (Å²) in [5, 5.41) is 3.98. The molecule has 7 nitrogen and oxygen atoms in total. The minimum absolute atomic E-state index is 0.00247. The molecule has 1 atom stereocenters. The van der Waals surface area contributed by atoms with Crippen LogP contribution in [0.5, 0.6) is 0 Å². The van der Waals surface area contributed by atoms with Crippen LogP contribution in [0.25, 0.3) is 12.2 Å². The van der Waals surface area contributed by atoms with Gasteiger partial charge in [-0.25, -0.2) is 8.42 Å². The molecule has 0 saturated carbocycles. The molecule has 1 saturated heterocycles. The fourth-order valence-corrected chi connectivity index (χ4v) is 7.46. The number of carbonyl (C=O) groups excluding carboxylic acids is 1. The van der Waals surface area contributed by atoms with Gasteiger partial charge in [0.05, 0.1) is 5.92 Å². The van der Waals surface area contributed by atoms with E-state index in [2.05, 4.69) is 24.2 Å². The number of amides is 1. The van der Waals surface area contributed by atoms with Crippen molar-refractivity contribution < 1.29 is 17.7 Å². The van der Waals surface area contributed by atoms with Crippen molar-refractivity contribution in [2.75, 3.05) is 24.5 Å². The molecule has 0 spiro atoms. The Morgan fingerprint density at radius 2 is 1.78 bits per heavy atom. The number of fused-ring (bicyclic) bond motifs is 1. The van der Waals surface area contributed by atoms with Gasteiger partial charge >= 0.3 is 0 Å². The lowest BCUT2D eigenvalue weighted by Gasteiger charge is -2.33. The summed E-state index contributed by atoms with van der Waals surface area (Å²) in [6.07, 6.45) is 5.70. The van der Waals surface area contributed by atoms with Crippen LogP contribution in [0.1, 0.15) is 52.1 Å². The Balaban J connectivity index is 1.39. The summed E-state index contributed by atoms with van der Waals surface area (Å²) < 4.78 is 34.6. The van der Waals surface area contributed by atoms with Gasteiger partial charge in [0.1, 0.15) is 5.69 Å². The fraction of sp³-hybridized carbons (Fsp3) is 0.379. The molecule has 0 unspecified atom stereocenters. The molecule has 2 aliphatic rings. The van der Waals surface area contributed by atoms with Crippen molar-refractivity contribution in [3.63, 3.8) is 0 Å². The lowest BCUT2D eigenvalue weighted by Crippen LogP contribution is -2.46. The summed E-state index contributed by atoms with van der Waals surface area (Å²) >= 11 is 0. The quantitative estimate of drug-likeness (QED) is 0.470. The summed E-state index contributed by atoms with van der Waals surface area (Å²) in [6.45, 7) is 8.93. The molecule has 0 bridgehead atoms. The number of carbonyl (C=O) groups is 1. The van der Waals surface area contributed by atoms with Crippen LogP contribution in [0, 0.1) is 33.6 Å². The zero-order chi connectivity index (χ0) is 26.3. The molecule has 1 aromatic heterocycles. The average molecular weight is 520 g/mol. The molecular weight excluding hydrogens is 486 g/mol. The normalized spacial score (nSPS) is 18.5. The van der Waals surface area contributed by atoms with Crippen LogP contribution in [-0.2, 0) is 21.2 Å². The molecule has 194 valence electrons. The van der Waals surface area contributed by atoms with Crippen LogP contribution in [-0.4, -0.2) is 43.4 Å². The molecule has 3 heterocycles. The van der Waals surface area contributed by atoms with Gasteiger partial charge in [-0.3, -0.25) is 4.79 Å². The first-order valence-corrected chi connectivity index (χ1v) is 14.2. The average Bonchev–Trinajstić information content (AvgIpc) is 3.47. The van der Waals surface area contributed by atoms with Crippen molar-refractivity contribution in [2.45, 2.75) is 51.9 Å². The molecule has 5 rings (SSSR count). The highest BCUT2D eigenvalue weighted by atomic mass is 32.2. The van der Waals surface area contributed by atoms with Crippen molar-refractivity contribution >= 4 is 33.8 Å². The number of sulfonamides is 1. The second-order valence-electron chi connectivity index (χ2n) is 10.2. The first-order chi connectivity index (χ1) is 17.7. The number of piperidine rings is 1. The van der Waals surface area contributed by atoms with Gasteiger partial charge in [0.2, 0.25) is 15.9 Å². The molecule has 37 heavy (non-hydrogen) atoms. The predicted molar refractivity (Wildman–Crippen MR) is 145 cm³/mol. The molecule has 0 radical (unpaired) electrons. The number of rotatable bonds is 5. The molecule has 0 aliphatic carbocycles. The van der Waals surface area contributed by atoms with Gasteiger partial charge in [0.25, 0.3) is 0 Å². The second kappa shape index (κ2) is 9.91. The Labute approximate surface area is 218 Å². The highest BCUT2D eigenvalue weighted by molar-refractivity contribution is 7.89. The molecule has 1 amide bonds. The van der Waals surface area contributed by atoms with Crippen LogP contribution < -0.4 is 4.90 Å². The first kappa shape index (κ1) is 25.4. The number of aryl methyl sites for hydroxylation is 4. The van der Waals surface area contributed by atoms with Crippen molar-refractivity contribution in [3.05, 3.63) is 75.7 Å². The van der Waals surface area contributed by atoms with Gasteiger partial charge in [-0.15, -0.1) is 0 Å². The summed E-state index contributed by atoms with van der Waals surface area (Å²) in [4.78, 5) is 15.4. The maximum atomic E-state index is 13.8. The maximum Gasteiger partial charge on any atom is 0.248 e. The van der Waals surface area contributed by atoms with Crippen LogP contribution in [0.4, 0.5) is 5.69 Å². The molecule has 3 aromatic rings. The van der Waals surface area contributed by atoms with E-state index in [9.17, 15) is 13.2 Å². The SMILES string of the molecule is Cc1cc(C)c(/C=C/c2onc(C)c2S(=O)(=O)N2CCC[C@H](C(=O)N3CCc4ccccc43)C2)c(C)c1. The zero-order valence-electron chi connectivity index (χ0n) is 21.8. The highest BCUT2D eigenvalue weighted by Gasteiger charge is 2.39. The van der Waals surface area contributed by atoms with Gasteiger partial charge in [-0.1, -0.05) is 47.1 Å². The first-order valence-electron chi connectivity index (χ1n) is 12.8. The number of para-hydroxylation sites is 1. The molecule has 8 heteroatoms. The lowest BCUT2D eigenvalue weighted by molar-refractivity contribution is -0.123. The van der Waals surface area contributed by atoms with Crippen molar-refractivity contribution in [2.24, 2.45) is 5.92 Å². The number of hydrogen-bond donors (Lipinski definition) is 0. The monoisotopic (exact) mass is 519 g/mol. The van der Waals surface area contributed by atoms with E-state index in [0.29, 0.717) is 31.6 Å². The molecular formula is C29H33N3O4S. The molecule has 2 aliphatic heterocycles. The third-order valence-corrected chi connectivity index (χ3v) is 9.48. The minimum Gasteiger partial charge on any atom is -0.355 e. The van der Waals surface area contributed by atoms with Gasteiger partial charge < -0.3 is 9.42 Å². The third-order valence-electron chi connectivity index (χ3n) is 7.46. The van der Waals surface area contributed by atoms with Gasteiger partial charge in [0, 0.05) is 25.3 Å². The number of nitrogens with zero attached hydrogens (tertiary/aromatic N) is 3. The van der Waals surface area contributed by atoms with E-state index in [1.54, 1.807) is 13.0 Å². The minimum atomic E-state index is -3.91. The largest absolute Gasteiger partial charge is 0.355 e. The van der Waals surface area contributed by atoms with Gasteiger partial charge in [0.15, 0.2) is 10.7 Å². The Kier molecular flexibility index (Phi) is 6.81. The van der Waals surface area contributed by atoms with E-state index in [-0.39, 0.29) is 29.0 Å². The van der Waals surface area contributed by atoms with Crippen molar-refractivity contribution in [1.82, 2.24) is 9.46 Å². The van der Waals surface area contributed by atoms with Gasteiger partial charge in [-0.05, 0) is 81.4 Å². The van der Waals surface area contributed by atoms with Crippen LogP contribution in [0.3, 0.4) is 0 Å². The van der Waals surface area contributed by atoms with E-state index in [1.165, 1.54) is 9.87 Å². The molecule has 1 fully saturated rings.